The topological polar surface area (TPSA) is 86.0 Å². The molecule has 6 nitrogen and oxygen atoms in total. The van der Waals surface area contributed by atoms with Gasteiger partial charge in [0.2, 0.25) is 0 Å². The second-order valence-electron chi connectivity index (χ2n) is 6.74. The monoisotopic (exact) mass is 392 g/mol. The number of allylic oxidation sites excluding steroid dienone is 1. The van der Waals surface area contributed by atoms with Crippen LogP contribution in [0.2, 0.25) is 0 Å². The van der Waals surface area contributed by atoms with Gasteiger partial charge in [-0.25, -0.2) is 4.79 Å². The minimum atomic E-state index is -1.08. The molecule has 29 heavy (non-hydrogen) atoms. The van der Waals surface area contributed by atoms with Gasteiger partial charge in [-0.3, -0.25) is 4.79 Å². The zero-order valence-electron chi connectivity index (χ0n) is 16.2. The molecular formula is C23H20O6. The molecule has 1 aromatic heterocycles. The van der Waals surface area contributed by atoms with E-state index in [4.69, 9.17) is 13.9 Å². The molecule has 148 valence electrons. The molecule has 0 aliphatic heterocycles. The smallest absolute Gasteiger partial charge is 0.335 e. The lowest BCUT2D eigenvalue weighted by atomic mass is 10.1. The maximum Gasteiger partial charge on any atom is 0.335 e. The maximum atomic E-state index is 12.9. The fourth-order valence-corrected chi connectivity index (χ4v) is 3.69. The molecule has 1 N–H and O–H groups in total. The highest BCUT2D eigenvalue weighted by molar-refractivity contribution is 5.94. The second kappa shape index (κ2) is 7.47. The first-order valence-electron chi connectivity index (χ1n) is 9.37. The quantitative estimate of drug-likeness (QED) is 0.693. The van der Waals surface area contributed by atoms with Gasteiger partial charge in [-0.05, 0) is 55.7 Å². The Kier molecular flexibility index (Phi) is 4.84. The molecule has 1 aliphatic carbocycles. The molecule has 0 fully saturated rings. The summed E-state index contributed by atoms with van der Waals surface area (Å²) in [6, 6.07) is 10.0. The van der Waals surface area contributed by atoms with Crippen LogP contribution in [0.15, 0.2) is 45.6 Å². The van der Waals surface area contributed by atoms with E-state index in [0.29, 0.717) is 53.2 Å². The van der Waals surface area contributed by atoms with E-state index in [0.717, 1.165) is 11.1 Å². The van der Waals surface area contributed by atoms with Crippen molar-refractivity contribution in [1.82, 2.24) is 0 Å². The first-order chi connectivity index (χ1) is 14.0. The first-order valence-corrected chi connectivity index (χ1v) is 9.37. The molecule has 0 unspecified atom stereocenters. The molecule has 0 atom stereocenters. The van der Waals surface area contributed by atoms with Gasteiger partial charge in [0.25, 0.3) is 0 Å². The molecule has 6 heteroatoms. The van der Waals surface area contributed by atoms with Gasteiger partial charge in [0.05, 0.1) is 24.7 Å². The molecule has 0 radical (unpaired) electrons. The van der Waals surface area contributed by atoms with Gasteiger partial charge < -0.3 is 19.0 Å². The highest BCUT2D eigenvalue weighted by atomic mass is 16.5. The van der Waals surface area contributed by atoms with Crippen LogP contribution in [0.5, 0.6) is 11.5 Å². The maximum absolute atomic E-state index is 12.9. The summed E-state index contributed by atoms with van der Waals surface area (Å²) >= 11 is 0. The van der Waals surface area contributed by atoms with Crippen LogP contribution >= 0.6 is 0 Å². The van der Waals surface area contributed by atoms with E-state index in [1.165, 1.54) is 18.2 Å². The lowest BCUT2D eigenvalue weighted by Crippen LogP contribution is -2.09. The Hall–Kier alpha value is -3.54. The molecule has 3 aromatic rings. The number of hydrogen-bond acceptors (Lipinski definition) is 5. The molecule has 1 aliphatic rings. The van der Waals surface area contributed by atoms with Crippen molar-refractivity contribution in [1.29, 1.82) is 0 Å². The van der Waals surface area contributed by atoms with Crippen molar-refractivity contribution in [3.05, 3.63) is 69.1 Å². The Morgan fingerprint density at radius 1 is 1.24 bits per heavy atom. The third-order valence-electron chi connectivity index (χ3n) is 5.01. The van der Waals surface area contributed by atoms with E-state index >= 15 is 0 Å². The third-order valence-corrected chi connectivity index (χ3v) is 5.01. The average Bonchev–Trinajstić information content (AvgIpc) is 3.11. The molecule has 0 bridgehead atoms. The van der Waals surface area contributed by atoms with Crippen molar-refractivity contribution >= 4 is 28.6 Å². The van der Waals surface area contributed by atoms with Crippen LogP contribution in [0.3, 0.4) is 0 Å². The summed E-state index contributed by atoms with van der Waals surface area (Å²) in [6.07, 6.45) is 3.15. The SMILES string of the molecule is CCOc1cccc(/C=C2/CCc3c2oc2ccc(C(=O)O)cc2c3=O)c1OC. The van der Waals surface area contributed by atoms with Gasteiger partial charge in [-0.15, -0.1) is 0 Å². The van der Waals surface area contributed by atoms with E-state index in [-0.39, 0.29) is 11.0 Å². The van der Waals surface area contributed by atoms with E-state index in [9.17, 15) is 14.7 Å². The zero-order valence-corrected chi connectivity index (χ0v) is 16.2. The summed E-state index contributed by atoms with van der Waals surface area (Å²) in [5.74, 6) is 0.761. The Bertz CT molecular complexity index is 1200. The Morgan fingerprint density at radius 2 is 2.07 bits per heavy atom. The number of fused-ring (bicyclic) bond motifs is 2. The largest absolute Gasteiger partial charge is 0.492 e. The zero-order chi connectivity index (χ0) is 20.5. The van der Waals surface area contributed by atoms with E-state index in [2.05, 4.69) is 0 Å². The molecule has 1 heterocycles. The van der Waals surface area contributed by atoms with Crippen molar-refractivity contribution in [2.24, 2.45) is 0 Å². The molecule has 0 saturated heterocycles. The highest BCUT2D eigenvalue weighted by Crippen LogP contribution is 2.38. The number of benzene rings is 2. The van der Waals surface area contributed by atoms with E-state index < -0.39 is 5.97 Å². The van der Waals surface area contributed by atoms with Gasteiger partial charge in [0.15, 0.2) is 16.9 Å². The Balaban J connectivity index is 1.85. The fraction of sp³-hybridized carbons (Fsp3) is 0.217. The summed E-state index contributed by atoms with van der Waals surface area (Å²) < 4.78 is 17.2. The van der Waals surface area contributed by atoms with Crippen LogP contribution in [0.1, 0.15) is 40.6 Å². The third kappa shape index (κ3) is 3.27. The van der Waals surface area contributed by atoms with Crippen LogP contribution in [-0.2, 0) is 6.42 Å². The predicted molar refractivity (Wildman–Crippen MR) is 110 cm³/mol. The molecule has 0 spiro atoms. The van der Waals surface area contributed by atoms with Crippen molar-refractivity contribution in [3.63, 3.8) is 0 Å². The summed E-state index contributed by atoms with van der Waals surface area (Å²) in [6.45, 7) is 2.44. The molecule has 0 amide bonds. The van der Waals surface area contributed by atoms with Crippen LogP contribution in [-0.4, -0.2) is 24.8 Å². The van der Waals surface area contributed by atoms with Crippen molar-refractivity contribution in [2.45, 2.75) is 19.8 Å². The molecule has 2 aromatic carbocycles. The summed E-state index contributed by atoms with van der Waals surface area (Å²) in [7, 11) is 1.59. The first kappa shape index (κ1) is 18.8. The van der Waals surface area contributed by atoms with Gasteiger partial charge >= 0.3 is 5.97 Å². The second-order valence-corrected chi connectivity index (χ2v) is 6.74. The number of rotatable bonds is 5. The minimum Gasteiger partial charge on any atom is -0.492 e. The number of carboxylic acid groups (broad SMARTS) is 1. The lowest BCUT2D eigenvalue weighted by Gasteiger charge is -2.12. The van der Waals surface area contributed by atoms with Crippen molar-refractivity contribution < 1.29 is 23.8 Å². The highest BCUT2D eigenvalue weighted by Gasteiger charge is 2.25. The number of carboxylic acids is 1. The Labute approximate surface area is 167 Å². The van der Waals surface area contributed by atoms with E-state index in [1.54, 1.807) is 7.11 Å². The minimum absolute atomic E-state index is 0.0657. The van der Waals surface area contributed by atoms with Gasteiger partial charge in [-0.1, -0.05) is 12.1 Å². The van der Waals surface area contributed by atoms with Crippen LogP contribution < -0.4 is 14.9 Å². The van der Waals surface area contributed by atoms with Gasteiger partial charge in [0, 0.05) is 11.1 Å². The van der Waals surface area contributed by atoms with E-state index in [1.807, 2.05) is 31.2 Å². The van der Waals surface area contributed by atoms with Crippen LogP contribution in [0, 0.1) is 0 Å². The molecule has 4 rings (SSSR count). The number of ether oxygens (including phenoxy) is 2. The summed E-state index contributed by atoms with van der Waals surface area (Å²) in [5.41, 5.74) is 2.57. The normalized spacial score (nSPS) is 14.2. The number of methoxy groups -OCH3 is 1. The van der Waals surface area contributed by atoms with Crippen molar-refractivity contribution in [2.75, 3.05) is 13.7 Å². The van der Waals surface area contributed by atoms with Crippen molar-refractivity contribution in [3.8, 4) is 11.5 Å². The Morgan fingerprint density at radius 3 is 2.79 bits per heavy atom. The summed E-state index contributed by atoms with van der Waals surface area (Å²) in [5, 5.41) is 9.47. The standard InChI is InChI=1S/C23H20O6/c1-3-28-19-6-4-5-13(22(19)27-2)11-14-7-9-16-20(24)17-12-15(23(25)26)8-10-18(17)29-21(14)16/h4-6,8,10-12H,3,7,9H2,1-2H3,(H,25,26)/b14-11-. The number of hydrogen-bond donors (Lipinski definition) is 1. The molecular weight excluding hydrogens is 372 g/mol. The fourth-order valence-electron chi connectivity index (χ4n) is 3.69. The molecule has 0 saturated carbocycles. The van der Waals surface area contributed by atoms with Gasteiger partial charge in [0.1, 0.15) is 11.3 Å². The number of para-hydroxylation sites is 1. The predicted octanol–water partition coefficient (Wildman–Crippen LogP) is 4.39. The number of carbonyl (C=O) groups is 1. The summed E-state index contributed by atoms with van der Waals surface area (Å²) in [4.78, 5) is 24.1. The van der Waals surface area contributed by atoms with Crippen LogP contribution in [0.25, 0.3) is 22.6 Å². The average molecular weight is 392 g/mol. The van der Waals surface area contributed by atoms with Gasteiger partial charge in [-0.2, -0.15) is 0 Å². The number of aromatic carboxylic acids is 1. The van der Waals surface area contributed by atoms with Crippen LogP contribution in [0.4, 0.5) is 0 Å². The lowest BCUT2D eigenvalue weighted by molar-refractivity contribution is 0.0697.